The van der Waals surface area contributed by atoms with Crippen LogP contribution in [0.15, 0.2) is 24.3 Å². The summed E-state index contributed by atoms with van der Waals surface area (Å²) in [5.74, 6) is -1.80. The van der Waals surface area contributed by atoms with Gasteiger partial charge in [-0.1, -0.05) is 44.1 Å². The molecule has 1 unspecified atom stereocenters. The number of hydrogen-bond acceptors (Lipinski definition) is 7. The molecule has 5 heterocycles. The number of likely N-dealkylation sites (tertiary alicyclic amines) is 1. The van der Waals surface area contributed by atoms with Gasteiger partial charge in [0, 0.05) is 59.5 Å². The molecule has 0 aliphatic carbocycles. The van der Waals surface area contributed by atoms with E-state index in [1.165, 1.54) is 0 Å². The number of ether oxygens (including phenoxy) is 2. The molecule has 216 valence electrons. The number of hydrogen-bond donors (Lipinski definition) is 1. The normalized spacial score (nSPS) is 34.8. The molecule has 5 aliphatic heterocycles. The third-order valence-corrected chi connectivity index (χ3v) is 9.32. The average molecular weight is 545 g/mol. The predicted octanol–water partition coefficient (Wildman–Crippen LogP) is 0.659. The smallest absolute Gasteiger partial charge is 0.249 e. The Hall–Kier alpha value is -2.27. The van der Waals surface area contributed by atoms with Gasteiger partial charge in [0.15, 0.2) is 0 Å². The SMILES string of the molecule is CC[C@@]12C=CCN(C)C(=O)[C@@H]1[C@H]1C(=O)N(CCCCCCO)C3C(=O)N(CCN4CCOCC4)CC=C[C@@]31O2. The molecule has 0 aromatic rings. The Labute approximate surface area is 231 Å². The van der Waals surface area contributed by atoms with Gasteiger partial charge in [0.25, 0.3) is 0 Å². The summed E-state index contributed by atoms with van der Waals surface area (Å²) < 4.78 is 12.4. The van der Waals surface area contributed by atoms with Gasteiger partial charge >= 0.3 is 0 Å². The van der Waals surface area contributed by atoms with Crippen LogP contribution in [0.4, 0.5) is 0 Å². The second kappa shape index (κ2) is 11.7. The number of fused-ring (bicyclic) bond motifs is 2. The van der Waals surface area contributed by atoms with E-state index in [9.17, 15) is 14.4 Å². The number of morpholine rings is 1. The molecule has 0 saturated carbocycles. The van der Waals surface area contributed by atoms with Crippen LogP contribution in [0.25, 0.3) is 0 Å². The summed E-state index contributed by atoms with van der Waals surface area (Å²) in [6, 6.07) is -0.807. The third kappa shape index (κ3) is 4.94. The van der Waals surface area contributed by atoms with Crippen molar-refractivity contribution in [3.8, 4) is 0 Å². The van der Waals surface area contributed by atoms with Crippen LogP contribution in [0.1, 0.15) is 39.0 Å². The van der Waals surface area contributed by atoms with Crippen LogP contribution in [0.5, 0.6) is 0 Å². The topological polar surface area (TPSA) is 103 Å². The van der Waals surface area contributed by atoms with Gasteiger partial charge in [0.05, 0.1) is 30.7 Å². The zero-order chi connectivity index (χ0) is 27.6. The van der Waals surface area contributed by atoms with Crippen LogP contribution in [0.3, 0.4) is 0 Å². The fourth-order valence-electron chi connectivity index (χ4n) is 7.20. The molecule has 3 amide bonds. The maximum atomic E-state index is 14.4. The van der Waals surface area contributed by atoms with E-state index >= 15 is 0 Å². The molecule has 10 nitrogen and oxygen atoms in total. The molecule has 0 bridgehead atoms. The van der Waals surface area contributed by atoms with Crippen LogP contribution < -0.4 is 0 Å². The third-order valence-electron chi connectivity index (χ3n) is 9.32. The van der Waals surface area contributed by atoms with E-state index in [2.05, 4.69) is 4.90 Å². The largest absolute Gasteiger partial charge is 0.396 e. The minimum absolute atomic E-state index is 0.102. The quantitative estimate of drug-likeness (QED) is 0.318. The van der Waals surface area contributed by atoms with Crippen LogP contribution >= 0.6 is 0 Å². The molecule has 0 radical (unpaired) electrons. The maximum Gasteiger partial charge on any atom is 0.249 e. The number of amides is 3. The van der Waals surface area contributed by atoms with Gasteiger partial charge in [-0.3, -0.25) is 19.3 Å². The summed E-state index contributed by atoms with van der Waals surface area (Å²) in [4.78, 5) is 50.0. The van der Waals surface area contributed by atoms with Crippen LogP contribution in [0, 0.1) is 11.8 Å². The second-order valence-electron chi connectivity index (χ2n) is 11.6. The standard InChI is InChI=1S/C29H44N4O6/c1-3-28-10-8-12-30(2)25(35)22(28)23-26(36)33(14-6-4-5-7-19-34)24-27(37)32(13-9-11-29(23,24)39-28)16-15-31-17-20-38-21-18-31/h8-11,22-24,34H,3-7,12-21H2,1-2H3/t22-,23-,24?,28+,29-/m0/s1. The zero-order valence-electron chi connectivity index (χ0n) is 23.4. The Morgan fingerprint density at radius 2 is 1.64 bits per heavy atom. The summed E-state index contributed by atoms with van der Waals surface area (Å²) in [5, 5.41) is 9.16. The van der Waals surface area contributed by atoms with Crippen molar-refractivity contribution in [2.45, 2.75) is 56.3 Å². The maximum absolute atomic E-state index is 14.4. The minimum Gasteiger partial charge on any atom is -0.396 e. The van der Waals surface area contributed by atoms with Crippen molar-refractivity contribution in [3.05, 3.63) is 24.3 Å². The Bertz CT molecular complexity index is 996. The Morgan fingerprint density at radius 3 is 2.38 bits per heavy atom. The van der Waals surface area contributed by atoms with Crippen molar-refractivity contribution in [1.29, 1.82) is 0 Å². The van der Waals surface area contributed by atoms with Crippen LogP contribution in [-0.4, -0.2) is 132 Å². The molecule has 3 saturated heterocycles. The molecule has 5 rings (SSSR count). The first-order valence-corrected chi connectivity index (χ1v) is 14.7. The Morgan fingerprint density at radius 1 is 0.897 bits per heavy atom. The van der Waals surface area contributed by atoms with Crippen LogP contribution in [0.2, 0.25) is 0 Å². The lowest BCUT2D eigenvalue weighted by Gasteiger charge is -2.38. The average Bonchev–Trinajstić information content (AvgIpc) is 3.24. The Balaban J connectivity index is 1.47. The molecule has 0 aromatic heterocycles. The van der Waals surface area contributed by atoms with Gasteiger partial charge in [-0.2, -0.15) is 0 Å². The number of unbranched alkanes of at least 4 members (excludes halogenated alkanes) is 3. The predicted molar refractivity (Wildman–Crippen MR) is 145 cm³/mol. The van der Waals surface area contributed by atoms with Crippen LogP contribution in [-0.2, 0) is 23.9 Å². The highest BCUT2D eigenvalue weighted by Gasteiger charge is 2.75. The number of likely N-dealkylation sites (N-methyl/N-ethyl adjacent to an activating group) is 1. The zero-order valence-corrected chi connectivity index (χ0v) is 23.4. The first kappa shape index (κ1) is 28.3. The summed E-state index contributed by atoms with van der Waals surface area (Å²) >= 11 is 0. The van der Waals surface area contributed by atoms with E-state index in [0.29, 0.717) is 45.8 Å². The monoisotopic (exact) mass is 544 g/mol. The molecule has 1 spiro atoms. The van der Waals surface area contributed by atoms with Gasteiger partial charge in [0.1, 0.15) is 11.6 Å². The number of carbonyl (C=O) groups is 3. The number of nitrogens with zero attached hydrogens (tertiary/aromatic N) is 4. The molecule has 3 fully saturated rings. The van der Waals surface area contributed by atoms with Gasteiger partial charge in [-0.05, 0) is 19.3 Å². The molecule has 39 heavy (non-hydrogen) atoms. The van der Waals surface area contributed by atoms with E-state index in [1.807, 2.05) is 36.1 Å². The molecule has 1 N–H and O–H groups in total. The van der Waals surface area contributed by atoms with Crippen molar-refractivity contribution in [2.24, 2.45) is 11.8 Å². The number of aliphatic hydroxyl groups excluding tert-OH is 1. The minimum atomic E-state index is -1.19. The summed E-state index contributed by atoms with van der Waals surface area (Å²) in [6.07, 6.45) is 11.5. The molecule has 10 heteroatoms. The van der Waals surface area contributed by atoms with Crippen molar-refractivity contribution < 1.29 is 29.0 Å². The Kier molecular flexibility index (Phi) is 8.47. The summed E-state index contributed by atoms with van der Waals surface area (Å²) in [7, 11) is 1.76. The molecule has 5 atom stereocenters. The summed E-state index contributed by atoms with van der Waals surface area (Å²) in [5.41, 5.74) is -2.12. The molecular formula is C29H44N4O6. The van der Waals surface area contributed by atoms with E-state index in [4.69, 9.17) is 14.6 Å². The fraction of sp³-hybridized carbons (Fsp3) is 0.759. The first-order chi connectivity index (χ1) is 18.9. The van der Waals surface area contributed by atoms with E-state index < -0.39 is 29.1 Å². The van der Waals surface area contributed by atoms with Crippen molar-refractivity contribution >= 4 is 17.7 Å². The highest BCUT2D eigenvalue weighted by molar-refractivity contribution is 6.00. The number of rotatable bonds is 10. The van der Waals surface area contributed by atoms with E-state index in [1.54, 1.807) is 16.8 Å². The van der Waals surface area contributed by atoms with Crippen molar-refractivity contribution in [1.82, 2.24) is 19.6 Å². The number of carbonyl (C=O) groups excluding carboxylic acids is 3. The molecule has 5 aliphatic rings. The second-order valence-corrected chi connectivity index (χ2v) is 11.6. The first-order valence-electron chi connectivity index (χ1n) is 14.7. The number of aliphatic hydroxyl groups is 1. The highest BCUT2D eigenvalue weighted by Crippen LogP contribution is 2.58. The lowest BCUT2D eigenvalue weighted by Crippen LogP contribution is -2.57. The van der Waals surface area contributed by atoms with Gasteiger partial charge in [0.2, 0.25) is 17.7 Å². The lowest BCUT2D eigenvalue weighted by atomic mass is 9.73. The molecule has 0 aromatic carbocycles. The lowest BCUT2D eigenvalue weighted by molar-refractivity contribution is -0.154. The van der Waals surface area contributed by atoms with Crippen molar-refractivity contribution in [2.75, 3.05) is 72.7 Å². The fourth-order valence-corrected chi connectivity index (χ4v) is 7.20. The van der Waals surface area contributed by atoms with Crippen molar-refractivity contribution in [3.63, 3.8) is 0 Å². The van der Waals surface area contributed by atoms with Gasteiger partial charge in [-0.25, -0.2) is 0 Å². The van der Waals surface area contributed by atoms with Gasteiger partial charge < -0.3 is 29.3 Å². The van der Waals surface area contributed by atoms with E-state index in [0.717, 1.165) is 45.3 Å². The molecular weight excluding hydrogens is 500 g/mol. The van der Waals surface area contributed by atoms with Gasteiger partial charge in [-0.15, -0.1) is 0 Å². The van der Waals surface area contributed by atoms with E-state index in [-0.39, 0.29) is 24.3 Å². The summed E-state index contributed by atoms with van der Waals surface area (Å²) in [6.45, 7) is 7.87. The highest BCUT2D eigenvalue weighted by atomic mass is 16.5.